The van der Waals surface area contributed by atoms with Gasteiger partial charge < -0.3 is 10.4 Å². The topological polar surface area (TPSA) is 78.4 Å². The Labute approximate surface area is 116 Å². The summed E-state index contributed by atoms with van der Waals surface area (Å²) in [6, 6.07) is -0.165. The summed E-state index contributed by atoms with van der Waals surface area (Å²) in [5.74, 6) is -1.01. The minimum atomic E-state index is -1.01. The van der Waals surface area contributed by atoms with E-state index in [-0.39, 0.29) is 23.1 Å². The van der Waals surface area contributed by atoms with Crippen LogP contribution >= 0.6 is 11.3 Å². The van der Waals surface area contributed by atoms with Crippen molar-refractivity contribution in [2.24, 2.45) is 5.41 Å². The lowest BCUT2D eigenvalue weighted by molar-refractivity contribution is 0.0697. The molecule has 1 aromatic heterocycles. The number of carboxylic acid groups (broad SMARTS) is 1. The maximum atomic E-state index is 11.8. The molecule has 0 spiro atoms. The molecule has 3 N–H and O–H groups in total. The molecule has 104 valence electrons. The van der Waals surface area contributed by atoms with E-state index in [0.29, 0.717) is 10.6 Å². The highest BCUT2D eigenvalue weighted by Crippen LogP contribution is 2.44. The second-order valence-corrected chi connectivity index (χ2v) is 6.86. The predicted octanol–water partition coefficient (Wildman–Crippen LogP) is 2.98. The molecule has 0 saturated heterocycles. The molecule has 1 aliphatic rings. The van der Waals surface area contributed by atoms with Gasteiger partial charge in [-0.15, -0.1) is 11.3 Å². The molecule has 6 heteroatoms. The number of hydrogen-bond acceptors (Lipinski definition) is 3. The molecule has 1 aromatic rings. The van der Waals surface area contributed by atoms with E-state index in [1.165, 1.54) is 11.3 Å². The summed E-state index contributed by atoms with van der Waals surface area (Å²) in [6.45, 7) is 7.77. The van der Waals surface area contributed by atoms with E-state index < -0.39 is 5.97 Å². The van der Waals surface area contributed by atoms with Gasteiger partial charge in [-0.1, -0.05) is 13.8 Å². The maximum Gasteiger partial charge on any atom is 0.338 e. The lowest BCUT2D eigenvalue weighted by atomic mass is 10.1. The zero-order chi connectivity index (χ0) is 14.4. The van der Waals surface area contributed by atoms with E-state index in [1.54, 1.807) is 6.92 Å². The van der Waals surface area contributed by atoms with Gasteiger partial charge in [0.25, 0.3) is 0 Å². The summed E-state index contributed by atoms with van der Waals surface area (Å²) in [7, 11) is 0. The van der Waals surface area contributed by atoms with Crippen LogP contribution in [0.15, 0.2) is 0 Å². The molecule has 0 aliphatic heterocycles. The number of urea groups is 1. The second kappa shape index (κ2) is 4.52. The average molecular weight is 282 g/mol. The van der Waals surface area contributed by atoms with E-state index in [4.69, 9.17) is 0 Å². The molecule has 2 amide bonds. The molecule has 1 unspecified atom stereocenters. The van der Waals surface area contributed by atoms with Crippen LogP contribution in [0.3, 0.4) is 0 Å². The second-order valence-electron chi connectivity index (χ2n) is 5.64. The molecule has 1 aliphatic carbocycles. The summed E-state index contributed by atoms with van der Waals surface area (Å²) >= 11 is 1.29. The normalized spacial score (nSPS) is 19.9. The number of carbonyl (C=O) groups is 2. The Kier molecular flexibility index (Phi) is 3.30. The Hall–Kier alpha value is -1.56. The molecular weight excluding hydrogens is 264 g/mol. The highest BCUT2D eigenvalue weighted by molar-refractivity contribution is 7.16. The van der Waals surface area contributed by atoms with Crippen molar-refractivity contribution >= 4 is 28.3 Å². The number of anilines is 1. The number of aryl methyl sites for hydroxylation is 1. The Morgan fingerprint density at radius 1 is 1.37 bits per heavy atom. The number of amides is 2. The first kappa shape index (κ1) is 13.9. The van der Waals surface area contributed by atoms with Crippen LogP contribution in [0.1, 0.15) is 41.1 Å². The van der Waals surface area contributed by atoms with Crippen molar-refractivity contribution in [3.63, 3.8) is 0 Å². The van der Waals surface area contributed by atoms with Gasteiger partial charge in [-0.3, -0.25) is 5.32 Å². The highest BCUT2D eigenvalue weighted by atomic mass is 32.1. The predicted molar refractivity (Wildman–Crippen MR) is 75.1 cm³/mol. The Morgan fingerprint density at radius 2 is 1.95 bits per heavy atom. The quantitative estimate of drug-likeness (QED) is 0.797. The number of rotatable bonds is 3. The maximum absolute atomic E-state index is 11.8. The molecular formula is C13H18N2O3S. The Bertz CT molecular complexity index is 548. The monoisotopic (exact) mass is 282 g/mol. The molecule has 1 saturated carbocycles. The van der Waals surface area contributed by atoms with Crippen LogP contribution < -0.4 is 10.6 Å². The molecule has 5 nitrogen and oxygen atoms in total. The third-order valence-electron chi connectivity index (χ3n) is 3.64. The lowest BCUT2D eigenvalue weighted by Crippen LogP contribution is -2.32. The molecule has 19 heavy (non-hydrogen) atoms. The van der Waals surface area contributed by atoms with Gasteiger partial charge in [0, 0.05) is 10.9 Å². The van der Waals surface area contributed by atoms with Gasteiger partial charge in [0.15, 0.2) is 0 Å². The van der Waals surface area contributed by atoms with Crippen molar-refractivity contribution < 1.29 is 14.7 Å². The van der Waals surface area contributed by atoms with Gasteiger partial charge in [-0.2, -0.15) is 0 Å². The van der Waals surface area contributed by atoms with Gasteiger partial charge in [-0.05, 0) is 31.2 Å². The molecule has 0 bridgehead atoms. The fourth-order valence-electron chi connectivity index (χ4n) is 1.98. The van der Waals surface area contributed by atoms with Crippen molar-refractivity contribution in [3.8, 4) is 0 Å². The van der Waals surface area contributed by atoms with Gasteiger partial charge in [0.2, 0.25) is 0 Å². The van der Waals surface area contributed by atoms with Gasteiger partial charge in [0.05, 0.1) is 5.56 Å². The lowest BCUT2D eigenvalue weighted by Gasteiger charge is -2.08. The minimum Gasteiger partial charge on any atom is -0.478 e. The van der Waals surface area contributed by atoms with E-state index in [9.17, 15) is 14.7 Å². The van der Waals surface area contributed by atoms with E-state index in [0.717, 1.165) is 11.3 Å². The highest BCUT2D eigenvalue weighted by Gasteiger charge is 2.46. The van der Waals surface area contributed by atoms with Crippen LogP contribution in [0.25, 0.3) is 0 Å². The summed E-state index contributed by atoms with van der Waals surface area (Å²) in [5, 5.41) is 15.1. The number of nitrogens with one attached hydrogen (secondary N) is 2. The molecule has 2 rings (SSSR count). The van der Waals surface area contributed by atoms with Gasteiger partial charge >= 0.3 is 12.0 Å². The van der Waals surface area contributed by atoms with E-state index in [2.05, 4.69) is 24.5 Å². The first-order chi connectivity index (χ1) is 8.72. The first-order valence-electron chi connectivity index (χ1n) is 6.13. The molecule has 0 aromatic carbocycles. The summed E-state index contributed by atoms with van der Waals surface area (Å²) in [6.07, 6.45) is 0.953. The fraction of sp³-hybridized carbons (Fsp3) is 0.538. The number of carboxylic acids is 1. The number of thiophene rings is 1. The van der Waals surface area contributed by atoms with Crippen LogP contribution in [-0.4, -0.2) is 23.1 Å². The van der Waals surface area contributed by atoms with Crippen LogP contribution in [0.2, 0.25) is 0 Å². The van der Waals surface area contributed by atoms with Crippen LogP contribution in [0.4, 0.5) is 9.80 Å². The average Bonchev–Trinajstić information content (AvgIpc) is 2.73. The summed E-state index contributed by atoms with van der Waals surface area (Å²) in [5.41, 5.74) is 1.04. The van der Waals surface area contributed by atoms with E-state index >= 15 is 0 Å². The zero-order valence-electron chi connectivity index (χ0n) is 11.5. The molecule has 0 radical (unpaired) electrons. The minimum absolute atomic E-state index is 0.147. The van der Waals surface area contributed by atoms with Gasteiger partial charge in [-0.25, -0.2) is 9.59 Å². The van der Waals surface area contributed by atoms with Gasteiger partial charge in [0.1, 0.15) is 5.00 Å². The summed E-state index contributed by atoms with van der Waals surface area (Å²) < 4.78 is 0. The first-order valence-corrected chi connectivity index (χ1v) is 6.95. The van der Waals surface area contributed by atoms with Crippen molar-refractivity contribution in [2.75, 3.05) is 5.32 Å². The van der Waals surface area contributed by atoms with Crippen molar-refractivity contribution in [1.82, 2.24) is 5.32 Å². The smallest absolute Gasteiger partial charge is 0.338 e. The van der Waals surface area contributed by atoms with Crippen molar-refractivity contribution in [3.05, 3.63) is 16.0 Å². The summed E-state index contributed by atoms with van der Waals surface area (Å²) in [4.78, 5) is 23.9. The number of aromatic carboxylic acids is 1. The molecule has 1 atom stereocenters. The van der Waals surface area contributed by atoms with Crippen LogP contribution in [0, 0.1) is 19.3 Å². The van der Waals surface area contributed by atoms with Crippen molar-refractivity contribution in [1.29, 1.82) is 0 Å². The SMILES string of the molecule is Cc1sc(NC(=O)NC2CC2(C)C)c(C(=O)O)c1C. The Morgan fingerprint density at radius 3 is 2.42 bits per heavy atom. The van der Waals surface area contributed by atoms with Crippen LogP contribution in [-0.2, 0) is 0 Å². The Balaban J connectivity index is 2.09. The molecule has 1 fully saturated rings. The molecule has 1 heterocycles. The number of carbonyl (C=O) groups excluding carboxylic acids is 1. The van der Waals surface area contributed by atoms with Crippen molar-refractivity contribution in [2.45, 2.75) is 40.2 Å². The third-order valence-corrected chi connectivity index (χ3v) is 4.77. The van der Waals surface area contributed by atoms with E-state index in [1.807, 2.05) is 6.92 Å². The standard InChI is InChI=1S/C13H18N2O3S/c1-6-7(2)19-10(9(6)11(16)17)15-12(18)14-8-5-13(8,3)4/h8H,5H2,1-4H3,(H,16,17)(H2,14,15,18). The number of hydrogen-bond donors (Lipinski definition) is 3. The fourth-order valence-corrected chi connectivity index (χ4v) is 3.03. The third kappa shape index (κ3) is 2.73. The zero-order valence-corrected chi connectivity index (χ0v) is 12.3. The van der Waals surface area contributed by atoms with Crippen LogP contribution in [0.5, 0.6) is 0 Å². The largest absolute Gasteiger partial charge is 0.478 e.